The molecule has 134 valence electrons. The van der Waals surface area contributed by atoms with E-state index < -0.39 is 0 Å². The maximum atomic E-state index is 12.8. The molecule has 0 saturated carbocycles. The fraction of sp³-hybridized carbons (Fsp3) is 0.526. The minimum Gasteiger partial charge on any atom is -0.335 e. The molecule has 2 aromatic heterocycles. The van der Waals surface area contributed by atoms with E-state index in [-0.39, 0.29) is 11.4 Å². The van der Waals surface area contributed by atoms with Crippen LogP contribution in [0, 0.1) is 6.92 Å². The standard InChI is InChI=1S/C19H27N5O/c1-15-13-17(21-24(15)19(2,3)4)18(25)23-11-9-22(10-12-23)14-16-5-7-20-8-6-16/h5-8,13H,9-12,14H2,1-4H3. The van der Waals surface area contributed by atoms with E-state index in [1.165, 1.54) is 5.56 Å². The van der Waals surface area contributed by atoms with Crippen molar-refractivity contribution in [2.45, 2.75) is 39.8 Å². The number of aromatic nitrogens is 3. The normalized spacial score (nSPS) is 16.2. The topological polar surface area (TPSA) is 54.3 Å². The van der Waals surface area contributed by atoms with Crippen LogP contribution in [0.2, 0.25) is 0 Å². The lowest BCUT2D eigenvalue weighted by Crippen LogP contribution is -2.48. The number of pyridine rings is 1. The second-order valence-corrected chi connectivity index (χ2v) is 7.68. The molecule has 0 atom stereocenters. The molecule has 6 nitrogen and oxygen atoms in total. The van der Waals surface area contributed by atoms with Gasteiger partial charge in [-0.05, 0) is 51.5 Å². The summed E-state index contributed by atoms with van der Waals surface area (Å²) in [5, 5.41) is 4.55. The van der Waals surface area contributed by atoms with E-state index in [9.17, 15) is 4.79 Å². The van der Waals surface area contributed by atoms with Crippen LogP contribution in [-0.4, -0.2) is 56.7 Å². The van der Waals surface area contributed by atoms with Crippen LogP contribution in [0.3, 0.4) is 0 Å². The summed E-state index contributed by atoms with van der Waals surface area (Å²) in [5.74, 6) is 0.0367. The molecule has 0 spiro atoms. The summed E-state index contributed by atoms with van der Waals surface area (Å²) in [6.07, 6.45) is 3.64. The number of nitrogens with zero attached hydrogens (tertiary/aromatic N) is 5. The summed E-state index contributed by atoms with van der Waals surface area (Å²) in [7, 11) is 0. The van der Waals surface area contributed by atoms with E-state index in [2.05, 4.69) is 35.8 Å². The van der Waals surface area contributed by atoms with Crippen molar-refractivity contribution in [1.29, 1.82) is 0 Å². The van der Waals surface area contributed by atoms with Gasteiger partial charge in [0.1, 0.15) is 0 Å². The molecule has 25 heavy (non-hydrogen) atoms. The Balaban J connectivity index is 1.60. The third-order valence-electron chi connectivity index (χ3n) is 4.56. The smallest absolute Gasteiger partial charge is 0.274 e. The lowest BCUT2D eigenvalue weighted by molar-refractivity contribution is 0.0621. The molecule has 0 radical (unpaired) electrons. The van der Waals surface area contributed by atoms with E-state index in [1.54, 1.807) is 0 Å². The highest BCUT2D eigenvalue weighted by Gasteiger charge is 2.26. The zero-order chi connectivity index (χ0) is 18.0. The number of carbonyl (C=O) groups excluding carboxylic acids is 1. The first-order chi connectivity index (χ1) is 11.8. The van der Waals surface area contributed by atoms with Crippen LogP contribution in [0.15, 0.2) is 30.6 Å². The minimum absolute atomic E-state index is 0.0367. The van der Waals surface area contributed by atoms with Gasteiger partial charge in [0, 0.05) is 50.8 Å². The van der Waals surface area contributed by atoms with Gasteiger partial charge in [0.15, 0.2) is 5.69 Å². The fourth-order valence-corrected chi connectivity index (χ4v) is 3.28. The molecular formula is C19H27N5O. The van der Waals surface area contributed by atoms with Gasteiger partial charge in [0.25, 0.3) is 5.91 Å². The van der Waals surface area contributed by atoms with Crippen molar-refractivity contribution in [3.05, 3.63) is 47.5 Å². The summed E-state index contributed by atoms with van der Waals surface area (Å²) in [6.45, 7) is 12.4. The highest BCUT2D eigenvalue weighted by Crippen LogP contribution is 2.18. The lowest BCUT2D eigenvalue weighted by Gasteiger charge is -2.34. The van der Waals surface area contributed by atoms with E-state index in [1.807, 2.05) is 47.1 Å². The molecule has 2 aromatic rings. The quantitative estimate of drug-likeness (QED) is 0.860. The first kappa shape index (κ1) is 17.6. The number of hydrogen-bond donors (Lipinski definition) is 0. The number of piperazine rings is 1. The Morgan fingerprint density at radius 1 is 1.12 bits per heavy atom. The van der Waals surface area contributed by atoms with Crippen LogP contribution in [0.1, 0.15) is 42.5 Å². The largest absolute Gasteiger partial charge is 0.335 e. The monoisotopic (exact) mass is 341 g/mol. The molecule has 0 aliphatic carbocycles. The van der Waals surface area contributed by atoms with Gasteiger partial charge in [-0.3, -0.25) is 19.4 Å². The molecule has 0 bridgehead atoms. The van der Waals surface area contributed by atoms with E-state index in [0.717, 1.165) is 38.4 Å². The molecule has 1 aliphatic heterocycles. The number of aryl methyl sites for hydroxylation is 1. The van der Waals surface area contributed by atoms with Crippen LogP contribution in [-0.2, 0) is 12.1 Å². The van der Waals surface area contributed by atoms with Gasteiger partial charge in [0.05, 0.1) is 5.54 Å². The van der Waals surface area contributed by atoms with Crippen LogP contribution in [0.25, 0.3) is 0 Å². The third kappa shape index (κ3) is 4.07. The maximum Gasteiger partial charge on any atom is 0.274 e. The van der Waals surface area contributed by atoms with Crippen LogP contribution >= 0.6 is 0 Å². The Morgan fingerprint density at radius 3 is 2.32 bits per heavy atom. The van der Waals surface area contributed by atoms with E-state index >= 15 is 0 Å². The Bertz CT molecular complexity index is 724. The number of amides is 1. The molecule has 0 unspecified atom stereocenters. The summed E-state index contributed by atoms with van der Waals surface area (Å²) >= 11 is 0. The predicted molar refractivity (Wildman–Crippen MR) is 97.4 cm³/mol. The second kappa shape index (κ2) is 6.96. The maximum absolute atomic E-state index is 12.8. The van der Waals surface area contributed by atoms with Crippen LogP contribution in [0.5, 0.6) is 0 Å². The Morgan fingerprint density at radius 2 is 1.76 bits per heavy atom. The van der Waals surface area contributed by atoms with Gasteiger partial charge >= 0.3 is 0 Å². The van der Waals surface area contributed by atoms with Crippen LogP contribution in [0.4, 0.5) is 0 Å². The van der Waals surface area contributed by atoms with Crippen molar-refractivity contribution < 1.29 is 4.79 Å². The van der Waals surface area contributed by atoms with Gasteiger partial charge in [0.2, 0.25) is 0 Å². The molecule has 6 heteroatoms. The summed E-state index contributed by atoms with van der Waals surface area (Å²) in [5.41, 5.74) is 2.71. The predicted octanol–water partition coefficient (Wildman–Crippen LogP) is 2.30. The first-order valence-corrected chi connectivity index (χ1v) is 8.82. The second-order valence-electron chi connectivity index (χ2n) is 7.68. The van der Waals surface area contributed by atoms with Gasteiger partial charge in [-0.2, -0.15) is 5.10 Å². The molecule has 3 rings (SSSR count). The zero-order valence-electron chi connectivity index (χ0n) is 15.6. The Hall–Kier alpha value is -2.21. The molecule has 1 fully saturated rings. The average molecular weight is 341 g/mol. The lowest BCUT2D eigenvalue weighted by atomic mass is 10.1. The van der Waals surface area contributed by atoms with Crippen molar-refractivity contribution in [2.24, 2.45) is 0 Å². The van der Waals surface area contributed by atoms with E-state index in [4.69, 9.17) is 0 Å². The molecule has 0 aromatic carbocycles. The van der Waals surface area contributed by atoms with Crippen molar-refractivity contribution in [2.75, 3.05) is 26.2 Å². The molecule has 1 aliphatic rings. The van der Waals surface area contributed by atoms with Gasteiger partial charge in [-0.15, -0.1) is 0 Å². The van der Waals surface area contributed by atoms with Gasteiger partial charge in [-0.25, -0.2) is 0 Å². The number of rotatable bonds is 3. The van der Waals surface area contributed by atoms with Crippen molar-refractivity contribution >= 4 is 5.91 Å². The average Bonchev–Trinajstić information content (AvgIpc) is 2.98. The summed E-state index contributed by atoms with van der Waals surface area (Å²) in [6, 6.07) is 5.98. The van der Waals surface area contributed by atoms with Gasteiger partial charge in [-0.1, -0.05) is 0 Å². The molecule has 1 saturated heterocycles. The molecular weight excluding hydrogens is 314 g/mol. The van der Waals surface area contributed by atoms with Crippen LogP contribution < -0.4 is 0 Å². The highest BCUT2D eigenvalue weighted by atomic mass is 16.2. The van der Waals surface area contributed by atoms with Crippen molar-refractivity contribution in [3.8, 4) is 0 Å². The third-order valence-corrected chi connectivity index (χ3v) is 4.56. The highest BCUT2D eigenvalue weighted by molar-refractivity contribution is 5.92. The molecule has 3 heterocycles. The minimum atomic E-state index is -0.119. The zero-order valence-corrected chi connectivity index (χ0v) is 15.6. The van der Waals surface area contributed by atoms with Crippen molar-refractivity contribution in [1.82, 2.24) is 24.6 Å². The number of hydrogen-bond acceptors (Lipinski definition) is 4. The fourth-order valence-electron chi connectivity index (χ4n) is 3.28. The van der Waals surface area contributed by atoms with Crippen molar-refractivity contribution in [3.63, 3.8) is 0 Å². The Kier molecular flexibility index (Phi) is 4.90. The van der Waals surface area contributed by atoms with Gasteiger partial charge < -0.3 is 4.90 Å². The molecule has 0 N–H and O–H groups in total. The first-order valence-electron chi connectivity index (χ1n) is 8.82. The SMILES string of the molecule is Cc1cc(C(=O)N2CCN(Cc3ccncc3)CC2)nn1C(C)(C)C. The van der Waals surface area contributed by atoms with E-state index in [0.29, 0.717) is 5.69 Å². The number of carbonyl (C=O) groups is 1. The Labute approximate surface area is 149 Å². The molecule has 1 amide bonds. The summed E-state index contributed by atoms with van der Waals surface area (Å²) in [4.78, 5) is 21.1. The summed E-state index contributed by atoms with van der Waals surface area (Å²) < 4.78 is 1.93.